The standard InChI is InChI=1S/C60H113NO8/c1-6-8-10-12-14-16-18-20-22-23-24-25-26-27-28-29-30-31-32-33-34-35-36-37-39-40-42-44-46-48-50-57(62)67-54-56(55-68-60(59(64)65)66-53-52-61(3,4)5)69-58(63)51-49-47-45-43-41-38-21-19-17-15-13-11-9-7-2/h13,15,19,21,56,60H,6-12,14,16-18,20,22-55H2,1-5H3/b15-13-,21-19-. The number of hydrogen-bond acceptors (Lipinski definition) is 8. The zero-order valence-corrected chi connectivity index (χ0v) is 46.2. The van der Waals surface area contributed by atoms with Gasteiger partial charge in [-0.05, 0) is 38.5 Å². The van der Waals surface area contributed by atoms with Crippen molar-refractivity contribution in [3.05, 3.63) is 24.3 Å². The van der Waals surface area contributed by atoms with Crippen LogP contribution in [0, 0.1) is 0 Å². The molecule has 0 aromatic carbocycles. The van der Waals surface area contributed by atoms with Crippen LogP contribution in [-0.4, -0.2) is 82.3 Å². The number of likely N-dealkylation sites (N-methyl/N-ethyl adjacent to an activating group) is 1. The van der Waals surface area contributed by atoms with E-state index in [-0.39, 0.29) is 32.2 Å². The Balaban J connectivity index is 4.06. The van der Waals surface area contributed by atoms with Crippen molar-refractivity contribution in [3.63, 3.8) is 0 Å². The fourth-order valence-electron chi connectivity index (χ4n) is 8.61. The third kappa shape index (κ3) is 53.4. The van der Waals surface area contributed by atoms with Crippen LogP contribution in [0.1, 0.15) is 284 Å². The van der Waals surface area contributed by atoms with Crippen LogP contribution in [0.3, 0.4) is 0 Å². The number of carbonyl (C=O) groups is 3. The normalized spacial score (nSPS) is 12.9. The Morgan fingerprint density at radius 1 is 0.435 bits per heavy atom. The quantitative estimate of drug-likeness (QED) is 0.0195. The molecule has 0 heterocycles. The number of hydrogen-bond donors (Lipinski definition) is 0. The lowest BCUT2D eigenvalue weighted by molar-refractivity contribution is -0.870. The van der Waals surface area contributed by atoms with E-state index in [0.717, 1.165) is 64.2 Å². The molecule has 0 rings (SSSR count). The number of carboxylic acids is 1. The van der Waals surface area contributed by atoms with E-state index in [9.17, 15) is 19.5 Å². The van der Waals surface area contributed by atoms with E-state index in [0.29, 0.717) is 23.9 Å². The molecule has 0 fully saturated rings. The SMILES string of the molecule is CCCC/C=C\C/C=C\CCCCCCCC(=O)OC(COC(=O)CCCCCCCCCCCCCCCCCCCCCCCCCCCCCCCC)COC(OCC[N+](C)(C)C)C(=O)[O-]. The van der Waals surface area contributed by atoms with Crippen LogP contribution in [0.5, 0.6) is 0 Å². The fraction of sp³-hybridized carbons (Fsp3) is 0.883. The fourth-order valence-corrected chi connectivity index (χ4v) is 8.61. The highest BCUT2D eigenvalue weighted by Crippen LogP contribution is 2.18. The zero-order valence-electron chi connectivity index (χ0n) is 46.2. The highest BCUT2D eigenvalue weighted by molar-refractivity contribution is 5.70. The van der Waals surface area contributed by atoms with E-state index >= 15 is 0 Å². The molecule has 0 saturated carbocycles. The molecule has 0 amide bonds. The number of carbonyl (C=O) groups excluding carboxylic acids is 3. The molecule has 0 radical (unpaired) electrons. The van der Waals surface area contributed by atoms with Crippen molar-refractivity contribution in [3.8, 4) is 0 Å². The van der Waals surface area contributed by atoms with E-state index < -0.39 is 24.3 Å². The predicted octanol–water partition coefficient (Wildman–Crippen LogP) is 15.8. The van der Waals surface area contributed by atoms with Gasteiger partial charge in [-0.1, -0.05) is 256 Å². The topological polar surface area (TPSA) is 111 Å². The maximum Gasteiger partial charge on any atom is 0.306 e. The minimum Gasteiger partial charge on any atom is -0.545 e. The van der Waals surface area contributed by atoms with Gasteiger partial charge in [-0.25, -0.2) is 0 Å². The number of allylic oxidation sites excluding steroid dienone is 4. The van der Waals surface area contributed by atoms with Crippen LogP contribution >= 0.6 is 0 Å². The summed E-state index contributed by atoms with van der Waals surface area (Å²) in [5.41, 5.74) is 0. The lowest BCUT2D eigenvalue weighted by atomic mass is 10.0. The average molecular weight is 977 g/mol. The number of esters is 2. The summed E-state index contributed by atoms with van der Waals surface area (Å²) in [5.74, 6) is -2.29. The van der Waals surface area contributed by atoms with E-state index in [1.54, 1.807) is 0 Å². The third-order valence-corrected chi connectivity index (χ3v) is 13.2. The second-order valence-corrected chi connectivity index (χ2v) is 21.3. The second kappa shape index (κ2) is 52.1. The molecule has 9 heteroatoms. The van der Waals surface area contributed by atoms with Gasteiger partial charge in [-0.3, -0.25) is 9.59 Å². The van der Waals surface area contributed by atoms with Crippen LogP contribution in [0.4, 0.5) is 0 Å². The first-order valence-corrected chi connectivity index (χ1v) is 29.5. The first-order valence-electron chi connectivity index (χ1n) is 29.5. The smallest absolute Gasteiger partial charge is 0.306 e. The summed E-state index contributed by atoms with van der Waals surface area (Å²) in [6, 6.07) is 0. The van der Waals surface area contributed by atoms with Crippen molar-refractivity contribution < 1.29 is 42.9 Å². The molecule has 0 saturated heterocycles. The molecule has 69 heavy (non-hydrogen) atoms. The van der Waals surface area contributed by atoms with Crippen molar-refractivity contribution in [2.24, 2.45) is 0 Å². The summed E-state index contributed by atoms with van der Waals surface area (Å²) in [6.07, 6.45) is 58.2. The second-order valence-electron chi connectivity index (χ2n) is 21.3. The van der Waals surface area contributed by atoms with Crippen LogP contribution in [0.15, 0.2) is 24.3 Å². The van der Waals surface area contributed by atoms with Crippen molar-refractivity contribution in [1.82, 2.24) is 0 Å². The molecule has 406 valence electrons. The molecule has 2 atom stereocenters. The summed E-state index contributed by atoms with van der Waals surface area (Å²) in [4.78, 5) is 37.2. The maximum atomic E-state index is 12.8. The molecule has 0 aromatic heterocycles. The molecule has 0 aromatic rings. The van der Waals surface area contributed by atoms with Gasteiger partial charge in [0.25, 0.3) is 0 Å². The van der Waals surface area contributed by atoms with Crippen LogP contribution in [0.25, 0.3) is 0 Å². The van der Waals surface area contributed by atoms with Crippen LogP contribution in [0.2, 0.25) is 0 Å². The average Bonchev–Trinajstić information content (AvgIpc) is 3.31. The molecular formula is C60H113NO8. The summed E-state index contributed by atoms with van der Waals surface area (Å²) in [5, 5.41) is 11.7. The molecule has 9 nitrogen and oxygen atoms in total. The minimum absolute atomic E-state index is 0.147. The van der Waals surface area contributed by atoms with E-state index in [2.05, 4.69) is 38.2 Å². The lowest BCUT2D eigenvalue weighted by Crippen LogP contribution is -2.44. The van der Waals surface area contributed by atoms with Crippen molar-refractivity contribution in [2.75, 3.05) is 47.5 Å². The van der Waals surface area contributed by atoms with E-state index in [1.807, 2.05) is 21.1 Å². The van der Waals surface area contributed by atoms with Gasteiger partial charge in [0.1, 0.15) is 13.2 Å². The highest BCUT2D eigenvalue weighted by Gasteiger charge is 2.22. The summed E-state index contributed by atoms with van der Waals surface area (Å²) >= 11 is 0. The number of ether oxygens (including phenoxy) is 4. The van der Waals surface area contributed by atoms with Gasteiger partial charge in [0.15, 0.2) is 12.4 Å². The number of carboxylic acid groups (broad SMARTS) is 1. The van der Waals surface area contributed by atoms with Gasteiger partial charge < -0.3 is 33.3 Å². The molecule has 0 aliphatic heterocycles. The number of quaternary nitrogens is 1. The Bertz CT molecular complexity index is 1180. The zero-order chi connectivity index (χ0) is 50.6. The van der Waals surface area contributed by atoms with Crippen LogP contribution in [-0.2, 0) is 33.3 Å². The van der Waals surface area contributed by atoms with Crippen molar-refractivity contribution >= 4 is 17.9 Å². The largest absolute Gasteiger partial charge is 0.545 e. The maximum absolute atomic E-state index is 12.8. The number of aliphatic carboxylic acids is 1. The minimum atomic E-state index is -1.62. The molecule has 0 bridgehead atoms. The monoisotopic (exact) mass is 976 g/mol. The molecular weight excluding hydrogens is 863 g/mol. The first kappa shape index (κ1) is 66.8. The molecule has 0 N–H and O–H groups in total. The van der Waals surface area contributed by atoms with E-state index in [1.165, 1.54) is 186 Å². The summed E-state index contributed by atoms with van der Waals surface area (Å²) in [7, 11) is 5.92. The Labute approximate surface area is 427 Å². The van der Waals surface area contributed by atoms with Gasteiger partial charge >= 0.3 is 11.9 Å². The summed E-state index contributed by atoms with van der Waals surface area (Å²) in [6.45, 7) is 4.73. The van der Waals surface area contributed by atoms with Gasteiger partial charge in [0.05, 0.1) is 40.3 Å². The van der Waals surface area contributed by atoms with Gasteiger partial charge in [-0.2, -0.15) is 0 Å². The molecule has 0 spiro atoms. The van der Waals surface area contributed by atoms with Gasteiger partial charge in [-0.15, -0.1) is 0 Å². The number of rotatable bonds is 55. The van der Waals surface area contributed by atoms with Crippen molar-refractivity contribution in [1.29, 1.82) is 0 Å². The molecule has 0 aliphatic rings. The van der Waals surface area contributed by atoms with Crippen LogP contribution < -0.4 is 5.11 Å². The lowest BCUT2D eigenvalue weighted by Gasteiger charge is -2.26. The Morgan fingerprint density at radius 2 is 0.797 bits per heavy atom. The highest BCUT2D eigenvalue weighted by atomic mass is 16.7. The van der Waals surface area contributed by atoms with Gasteiger partial charge in [0, 0.05) is 12.8 Å². The third-order valence-electron chi connectivity index (χ3n) is 13.2. The molecule has 2 unspecified atom stereocenters. The first-order chi connectivity index (χ1) is 33.6. The predicted molar refractivity (Wildman–Crippen MR) is 288 cm³/mol. The Hall–Kier alpha value is -2.23. The summed E-state index contributed by atoms with van der Waals surface area (Å²) < 4.78 is 22.7. The number of unbranched alkanes of at least 4 members (excludes halogenated alkanes) is 36. The van der Waals surface area contributed by atoms with E-state index in [4.69, 9.17) is 18.9 Å². The molecule has 0 aliphatic carbocycles. The van der Waals surface area contributed by atoms with Gasteiger partial charge in [0.2, 0.25) is 0 Å². The number of nitrogens with zero attached hydrogens (tertiary/aromatic N) is 1. The Morgan fingerprint density at radius 3 is 1.19 bits per heavy atom. The Kier molecular flexibility index (Phi) is 50.4. The van der Waals surface area contributed by atoms with Crippen molar-refractivity contribution in [2.45, 2.75) is 296 Å².